The molecule has 0 N–H and O–H groups in total. The summed E-state index contributed by atoms with van der Waals surface area (Å²) in [5.41, 5.74) is 1.82. The van der Waals surface area contributed by atoms with Crippen molar-refractivity contribution in [2.24, 2.45) is 0 Å². The maximum atomic E-state index is 11.9. The Labute approximate surface area is 142 Å². The van der Waals surface area contributed by atoms with Crippen LogP contribution in [0.4, 0.5) is 0 Å². The predicted octanol–water partition coefficient (Wildman–Crippen LogP) is 4.87. The van der Waals surface area contributed by atoms with Crippen molar-refractivity contribution < 1.29 is 19.1 Å². The molecule has 4 heteroatoms. The van der Waals surface area contributed by atoms with Crippen LogP contribution in [-0.4, -0.2) is 11.9 Å². The Morgan fingerprint density at radius 2 is 1.50 bits per heavy atom. The molecule has 0 aliphatic carbocycles. The molecule has 0 radical (unpaired) electrons. The minimum absolute atomic E-state index is 0.252. The van der Waals surface area contributed by atoms with Crippen LogP contribution in [0.1, 0.15) is 50.7 Å². The third-order valence-corrected chi connectivity index (χ3v) is 3.74. The van der Waals surface area contributed by atoms with E-state index in [-0.39, 0.29) is 11.9 Å². The van der Waals surface area contributed by atoms with Crippen LogP contribution in [0.15, 0.2) is 24.3 Å². The average Bonchev–Trinajstić information content (AvgIpc) is 2.51. The van der Waals surface area contributed by atoms with Crippen LogP contribution >= 0.6 is 0 Å². The van der Waals surface area contributed by atoms with Gasteiger partial charge in [-0.05, 0) is 44.4 Å². The van der Waals surface area contributed by atoms with Crippen LogP contribution in [0, 0.1) is 13.8 Å². The van der Waals surface area contributed by atoms with Gasteiger partial charge in [0.25, 0.3) is 0 Å². The highest BCUT2D eigenvalue weighted by molar-refractivity contribution is 5.97. The summed E-state index contributed by atoms with van der Waals surface area (Å²) < 4.78 is 11.1. The Morgan fingerprint density at radius 3 is 2.12 bits per heavy atom. The monoisotopic (exact) mass is 328 g/mol. The number of carbonyl (C=O) groups excluding carboxylic acids is 2. The first-order chi connectivity index (χ1) is 11.5. The SMILES string of the molecule is CCCC(=O)Oc1cc(C)c(OC(=O)CCC)c2ccc(C)cc12. The first kappa shape index (κ1) is 18.0. The molecule has 0 heterocycles. The summed E-state index contributed by atoms with van der Waals surface area (Å²) in [5, 5.41) is 1.56. The molecule has 0 amide bonds. The third-order valence-electron chi connectivity index (χ3n) is 3.74. The summed E-state index contributed by atoms with van der Waals surface area (Å²) in [6.07, 6.45) is 2.22. The number of ether oxygens (including phenoxy) is 2. The summed E-state index contributed by atoms with van der Waals surface area (Å²) in [4.78, 5) is 23.8. The van der Waals surface area contributed by atoms with E-state index in [4.69, 9.17) is 9.47 Å². The zero-order chi connectivity index (χ0) is 17.7. The van der Waals surface area contributed by atoms with Gasteiger partial charge in [-0.2, -0.15) is 0 Å². The largest absolute Gasteiger partial charge is 0.426 e. The van der Waals surface area contributed by atoms with E-state index in [0.29, 0.717) is 24.3 Å². The first-order valence-electron chi connectivity index (χ1n) is 8.41. The second-order valence-electron chi connectivity index (χ2n) is 6.02. The smallest absolute Gasteiger partial charge is 0.311 e. The Balaban J connectivity index is 2.52. The molecule has 4 nitrogen and oxygen atoms in total. The van der Waals surface area contributed by atoms with Crippen LogP contribution < -0.4 is 9.47 Å². The fourth-order valence-corrected chi connectivity index (χ4v) is 2.58. The van der Waals surface area contributed by atoms with Crippen LogP contribution in [0.25, 0.3) is 10.8 Å². The summed E-state index contributed by atoms with van der Waals surface area (Å²) >= 11 is 0. The van der Waals surface area contributed by atoms with Gasteiger partial charge >= 0.3 is 11.9 Å². The predicted molar refractivity (Wildman–Crippen MR) is 94.5 cm³/mol. The molecule has 128 valence electrons. The Morgan fingerprint density at radius 1 is 0.875 bits per heavy atom. The molecule has 0 bridgehead atoms. The second kappa shape index (κ2) is 7.95. The van der Waals surface area contributed by atoms with Crippen molar-refractivity contribution >= 4 is 22.7 Å². The lowest BCUT2D eigenvalue weighted by molar-refractivity contribution is -0.135. The highest BCUT2D eigenvalue weighted by Gasteiger charge is 2.16. The van der Waals surface area contributed by atoms with Crippen molar-refractivity contribution in [2.75, 3.05) is 0 Å². The van der Waals surface area contributed by atoms with E-state index in [1.54, 1.807) is 6.07 Å². The number of benzene rings is 2. The minimum Gasteiger partial charge on any atom is -0.426 e. The lowest BCUT2D eigenvalue weighted by Gasteiger charge is -2.15. The second-order valence-corrected chi connectivity index (χ2v) is 6.02. The molecule has 0 saturated carbocycles. The van der Waals surface area contributed by atoms with Crippen molar-refractivity contribution in [1.82, 2.24) is 0 Å². The van der Waals surface area contributed by atoms with Gasteiger partial charge in [-0.25, -0.2) is 0 Å². The molecule has 0 fully saturated rings. The van der Waals surface area contributed by atoms with Crippen molar-refractivity contribution in [3.05, 3.63) is 35.4 Å². The molecular formula is C20H24O4. The molecule has 0 atom stereocenters. The first-order valence-corrected chi connectivity index (χ1v) is 8.41. The topological polar surface area (TPSA) is 52.6 Å². The number of carbonyl (C=O) groups is 2. The van der Waals surface area contributed by atoms with Gasteiger partial charge in [0.15, 0.2) is 0 Å². The van der Waals surface area contributed by atoms with Crippen molar-refractivity contribution in [3.63, 3.8) is 0 Å². The van der Waals surface area contributed by atoms with Crippen LogP contribution in [0.3, 0.4) is 0 Å². The van der Waals surface area contributed by atoms with Crippen molar-refractivity contribution in [3.8, 4) is 11.5 Å². The van der Waals surface area contributed by atoms with Gasteiger partial charge in [-0.3, -0.25) is 9.59 Å². The zero-order valence-corrected chi connectivity index (χ0v) is 14.8. The van der Waals surface area contributed by atoms with E-state index < -0.39 is 0 Å². The Bertz CT molecular complexity index is 762. The summed E-state index contributed by atoms with van der Waals surface area (Å²) in [6.45, 7) is 7.70. The van der Waals surface area contributed by atoms with Gasteiger partial charge < -0.3 is 9.47 Å². The quantitative estimate of drug-likeness (QED) is 0.561. The molecule has 0 saturated heterocycles. The molecule has 0 spiro atoms. The highest BCUT2D eigenvalue weighted by atomic mass is 16.5. The molecule has 2 aromatic rings. The van der Waals surface area contributed by atoms with E-state index in [1.807, 2.05) is 45.9 Å². The minimum atomic E-state index is -0.254. The van der Waals surface area contributed by atoms with Gasteiger partial charge in [-0.15, -0.1) is 0 Å². The van der Waals surface area contributed by atoms with Crippen LogP contribution in [-0.2, 0) is 9.59 Å². The average molecular weight is 328 g/mol. The fraction of sp³-hybridized carbons (Fsp3) is 0.400. The molecule has 24 heavy (non-hydrogen) atoms. The molecule has 2 aromatic carbocycles. The molecule has 0 aliphatic rings. The van der Waals surface area contributed by atoms with Gasteiger partial charge in [0, 0.05) is 23.6 Å². The van der Waals surface area contributed by atoms with Crippen LogP contribution in [0.2, 0.25) is 0 Å². The van der Waals surface area contributed by atoms with E-state index in [1.165, 1.54) is 0 Å². The normalized spacial score (nSPS) is 10.7. The lowest BCUT2D eigenvalue weighted by atomic mass is 10.0. The van der Waals surface area contributed by atoms with Gasteiger partial charge in [0.2, 0.25) is 0 Å². The molecule has 2 rings (SSSR count). The molecule has 0 aromatic heterocycles. The molecule has 0 aliphatic heterocycles. The standard InChI is InChI=1S/C20H24O4/c1-5-7-18(21)23-17-12-14(4)20(24-19(22)8-6-2)15-10-9-13(3)11-16(15)17/h9-12H,5-8H2,1-4H3. The van der Waals surface area contributed by atoms with Gasteiger partial charge in [0.1, 0.15) is 11.5 Å². The summed E-state index contributed by atoms with van der Waals surface area (Å²) in [6, 6.07) is 7.57. The van der Waals surface area contributed by atoms with E-state index in [2.05, 4.69) is 0 Å². The van der Waals surface area contributed by atoms with E-state index >= 15 is 0 Å². The lowest BCUT2D eigenvalue weighted by Crippen LogP contribution is -2.10. The third kappa shape index (κ3) is 4.13. The maximum Gasteiger partial charge on any atom is 0.311 e. The fourth-order valence-electron chi connectivity index (χ4n) is 2.58. The molecule has 0 unspecified atom stereocenters. The highest BCUT2D eigenvalue weighted by Crippen LogP contribution is 2.37. The summed E-state index contributed by atoms with van der Waals surface area (Å²) in [5.74, 6) is 0.548. The molecular weight excluding hydrogens is 304 g/mol. The number of fused-ring (bicyclic) bond motifs is 1. The van der Waals surface area contributed by atoms with Gasteiger partial charge in [-0.1, -0.05) is 31.5 Å². The Hall–Kier alpha value is -2.36. The Kier molecular flexibility index (Phi) is 5.96. The number of esters is 2. The van der Waals surface area contributed by atoms with Crippen LogP contribution in [0.5, 0.6) is 11.5 Å². The summed E-state index contributed by atoms with van der Waals surface area (Å²) in [7, 11) is 0. The number of hydrogen-bond acceptors (Lipinski definition) is 4. The maximum absolute atomic E-state index is 11.9. The van der Waals surface area contributed by atoms with E-state index in [0.717, 1.165) is 34.7 Å². The number of aryl methyl sites for hydroxylation is 2. The van der Waals surface area contributed by atoms with Crippen molar-refractivity contribution in [2.45, 2.75) is 53.4 Å². The van der Waals surface area contributed by atoms with Gasteiger partial charge in [0.05, 0.1) is 0 Å². The number of rotatable bonds is 6. The van der Waals surface area contributed by atoms with E-state index in [9.17, 15) is 9.59 Å². The number of hydrogen-bond donors (Lipinski definition) is 0. The zero-order valence-electron chi connectivity index (χ0n) is 14.8. The van der Waals surface area contributed by atoms with Crippen molar-refractivity contribution in [1.29, 1.82) is 0 Å².